The van der Waals surface area contributed by atoms with E-state index in [2.05, 4.69) is 4.98 Å². The first kappa shape index (κ1) is 13.3. The Morgan fingerprint density at radius 3 is 2.89 bits per heavy atom. The van der Waals surface area contributed by atoms with Crippen LogP contribution in [0.2, 0.25) is 5.02 Å². The van der Waals surface area contributed by atoms with Gasteiger partial charge in [-0.3, -0.25) is 0 Å². The first-order chi connectivity index (χ1) is 9.24. The maximum absolute atomic E-state index is 8.93. The second-order valence-corrected chi connectivity index (χ2v) is 4.29. The predicted molar refractivity (Wildman–Crippen MR) is 72.6 cm³/mol. The molecule has 1 aromatic heterocycles. The lowest BCUT2D eigenvalue weighted by molar-refractivity contribution is 0.305. The van der Waals surface area contributed by atoms with E-state index in [9.17, 15) is 0 Å². The summed E-state index contributed by atoms with van der Waals surface area (Å²) in [5, 5.41) is 9.44. The summed E-state index contributed by atoms with van der Waals surface area (Å²) in [6.07, 6.45) is 1.57. The maximum Gasteiger partial charge on any atom is 0.147 e. The Morgan fingerprint density at radius 1 is 1.37 bits per heavy atom. The van der Waals surface area contributed by atoms with E-state index in [0.29, 0.717) is 23.0 Å². The Balaban J connectivity index is 2.13. The van der Waals surface area contributed by atoms with Crippen LogP contribution in [-0.4, -0.2) is 4.98 Å². The van der Waals surface area contributed by atoms with E-state index in [1.165, 1.54) is 0 Å². The molecule has 19 heavy (non-hydrogen) atoms. The van der Waals surface area contributed by atoms with Crippen molar-refractivity contribution in [3.8, 4) is 11.8 Å². The molecule has 0 aliphatic carbocycles. The Labute approximate surface area is 116 Å². The molecule has 0 aliphatic heterocycles. The van der Waals surface area contributed by atoms with E-state index >= 15 is 0 Å². The van der Waals surface area contributed by atoms with Gasteiger partial charge >= 0.3 is 0 Å². The number of hydrogen-bond donors (Lipinski definition) is 1. The molecule has 0 radical (unpaired) electrons. The van der Waals surface area contributed by atoms with Crippen LogP contribution in [0.15, 0.2) is 36.5 Å². The molecule has 2 N–H and O–H groups in total. The van der Waals surface area contributed by atoms with Crippen LogP contribution in [0.5, 0.6) is 5.75 Å². The van der Waals surface area contributed by atoms with Gasteiger partial charge in [-0.1, -0.05) is 23.7 Å². The van der Waals surface area contributed by atoms with E-state index in [0.717, 1.165) is 11.1 Å². The third-order valence-corrected chi connectivity index (χ3v) is 2.91. The van der Waals surface area contributed by atoms with Crippen molar-refractivity contribution in [1.29, 1.82) is 5.26 Å². The van der Waals surface area contributed by atoms with Crippen LogP contribution in [-0.2, 0) is 13.2 Å². The fourth-order valence-corrected chi connectivity index (χ4v) is 1.86. The highest BCUT2D eigenvalue weighted by molar-refractivity contribution is 6.32. The minimum atomic E-state index is 0.248. The first-order valence-electron chi connectivity index (χ1n) is 5.70. The van der Waals surface area contributed by atoms with Crippen molar-refractivity contribution in [1.82, 2.24) is 4.98 Å². The number of halogens is 1. The Bertz CT molecular complexity index is 622. The SMILES string of the molecule is N#Cc1ncccc1COc1ccc(CN)cc1Cl. The number of nitrogens with zero attached hydrogens (tertiary/aromatic N) is 2. The van der Waals surface area contributed by atoms with Crippen LogP contribution < -0.4 is 10.5 Å². The van der Waals surface area contributed by atoms with Crippen LogP contribution in [0.25, 0.3) is 0 Å². The summed E-state index contributed by atoms with van der Waals surface area (Å²) < 4.78 is 5.60. The third kappa shape index (κ3) is 3.22. The second-order valence-electron chi connectivity index (χ2n) is 3.88. The van der Waals surface area contributed by atoms with Crippen LogP contribution in [0.4, 0.5) is 0 Å². The number of aromatic nitrogens is 1. The zero-order chi connectivity index (χ0) is 13.7. The number of nitriles is 1. The normalized spacial score (nSPS) is 9.95. The Hall–Kier alpha value is -2.09. The van der Waals surface area contributed by atoms with Gasteiger partial charge in [-0.15, -0.1) is 0 Å². The molecule has 1 aromatic carbocycles. The molecule has 0 amide bonds. The third-order valence-electron chi connectivity index (χ3n) is 2.61. The zero-order valence-electron chi connectivity index (χ0n) is 10.1. The van der Waals surface area contributed by atoms with Gasteiger partial charge in [0.1, 0.15) is 24.1 Å². The van der Waals surface area contributed by atoms with Gasteiger partial charge in [0, 0.05) is 18.3 Å². The van der Waals surface area contributed by atoms with Crippen molar-refractivity contribution >= 4 is 11.6 Å². The fourth-order valence-electron chi connectivity index (χ4n) is 1.60. The summed E-state index contributed by atoms with van der Waals surface area (Å²) in [6, 6.07) is 11.0. The van der Waals surface area contributed by atoms with Crippen molar-refractivity contribution in [2.45, 2.75) is 13.2 Å². The van der Waals surface area contributed by atoms with Crippen LogP contribution in [0, 0.1) is 11.3 Å². The van der Waals surface area contributed by atoms with Gasteiger partial charge in [0.05, 0.1) is 5.02 Å². The summed E-state index contributed by atoms with van der Waals surface area (Å²) in [7, 11) is 0. The van der Waals surface area contributed by atoms with Crippen molar-refractivity contribution < 1.29 is 4.74 Å². The van der Waals surface area contributed by atoms with Crippen molar-refractivity contribution in [3.05, 3.63) is 58.4 Å². The van der Waals surface area contributed by atoms with Crippen LogP contribution in [0.3, 0.4) is 0 Å². The van der Waals surface area contributed by atoms with Crippen LogP contribution >= 0.6 is 11.6 Å². The summed E-state index contributed by atoms with van der Waals surface area (Å²) in [5.41, 5.74) is 7.55. The fraction of sp³-hybridized carbons (Fsp3) is 0.143. The molecule has 2 rings (SSSR count). The molecule has 0 saturated heterocycles. The number of hydrogen-bond acceptors (Lipinski definition) is 4. The van der Waals surface area contributed by atoms with Gasteiger partial charge in [-0.2, -0.15) is 5.26 Å². The lowest BCUT2D eigenvalue weighted by Gasteiger charge is -2.09. The molecule has 0 spiro atoms. The Kier molecular flexibility index (Phi) is 4.35. The highest BCUT2D eigenvalue weighted by Crippen LogP contribution is 2.26. The zero-order valence-corrected chi connectivity index (χ0v) is 10.9. The second kappa shape index (κ2) is 6.19. The molecule has 0 unspecified atom stereocenters. The van der Waals surface area contributed by atoms with E-state index in [-0.39, 0.29) is 6.61 Å². The first-order valence-corrected chi connectivity index (χ1v) is 6.07. The van der Waals surface area contributed by atoms with Gasteiger partial charge in [0.2, 0.25) is 0 Å². The predicted octanol–water partition coefficient (Wildman–Crippen LogP) is 2.64. The van der Waals surface area contributed by atoms with Crippen molar-refractivity contribution in [2.75, 3.05) is 0 Å². The number of benzene rings is 1. The van der Waals surface area contributed by atoms with E-state index in [4.69, 9.17) is 27.3 Å². The average Bonchev–Trinajstić information content (AvgIpc) is 2.46. The molecule has 4 nitrogen and oxygen atoms in total. The van der Waals surface area contributed by atoms with Crippen molar-refractivity contribution in [3.63, 3.8) is 0 Å². The standard InChI is InChI=1S/C14H12ClN3O/c15-12-6-10(7-16)3-4-14(12)19-9-11-2-1-5-18-13(11)8-17/h1-6H,7,9,16H2. The Morgan fingerprint density at radius 2 is 2.21 bits per heavy atom. The summed E-state index contributed by atoms with van der Waals surface area (Å²) in [6.45, 7) is 0.680. The molecule has 0 saturated carbocycles. The molecule has 1 heterocycles. The highest BCUT2D eigenvalue weighted by Gasteiger charge is 2.06. The molecule has 0 fully saturated rings. The average molecular weight is 274 g/mol. The number of rotatable bonds is 4. The smallest absolute Gasteiger partial charge is 0.147 e. The summed E-state index contributed by atoms with van der Waals surface area (Å²) in [4.78, 5) is 3.97. The molecular weight excluding hydrogens is 262 g/mol. The van der Waals surface area contributed by atoms with Gasteiger partial charge in [-0.05, 0) is 23.8 Å². The lowest BCUT2D eigenvalue weighted by atomic mass is 10.2. The van der Waals surface area contributed by atoms with Gasteiger partial charge in [0.25, 0.3) is 0 Å². The van der Waals surface area contributed by atoms with E-state index in [1.54, 1.807) is 30.5 Å². The molecule has 96 valence electrons. The van der Waals surface area contributed by atoms with Crippen molar-refractivity contribution in [2.24, 2.45) is 5.73 Å². The minimum absolute atomic E-state index is 0.248. The summed E-state index contributed by atoms with van der Waals surface area (Å²) in [5.74, 6) is 0.562. The quantitative estimate of drug-likeness (QED) is 0.929. The van der Waals surface area contributed by atoms with E-state index in [1.807, 2.05) is 12.1 Å². The molecule has 0 bridgehead atoms. The monoisotopic (exact) mass is 273 g/mol. The maximum atomic E-state index is 8.93. The molecule has 0 aliphatic rings. The highest BCUT2D eigenvalue weighted by atomic mass is 35.5. The number of pyridine rings is 1. The summed E-state index contributed by atoms with van der Waals surface area (Å²) >= 11 is 6.09. The molecule has 0 atom stereocenters. The lowest BCUT2D eigenvalue weighted by Crippen LogP contribution is -2.01. The number of nitrogens with two attached hydrogens (primary N) is 1. The topological polar surface area (TPSA) is 71.9 Å². The van der Waals surface area contributed by atoms with E-state index < -0.39 is 0 Å². The van der Waals surface area contributed by atoms with Gasteiger partial charge in [0.15, 0.2) is 0 Å². The minimum Gasteiger partial charge on any atom is -0.487 e. The van der Waals surface area contributed by atoms with Gasteiger partial charge < -0.3 is 10.5 Å². The molecule has 2 aromatic rings. The number of ether oxygens (including phenoxy) is 1. The largest absolute Gasteiger partial charge is 0.487 e. The molecular formula is C14H12ClN3O. The van der Waals surface area contributed by atoms with Gasteiger partial charge in [-0.25, -0.2) is 4.98 Å². The molecule has 5 heteroatoms. The van der Waals surface area contributed by atoms with Crippen LogP contribution in [0.1, 0.15) is 16.8 Å².